The van der Waals surface area contributed by atoms with Crippen LogP contribution >= 0.6 is 35.3 Å². The molecule has 0 saturated carbocycles. The summed E-state index contributed by atoms with van der Waals surface area (Å²) >= 11 is 0.962. The molecule has 0 aromatic carbocycles. The number of furan rings is 1. The van der Waals surface area contributed by atoms with Gasteiger partial charge in [-0.25, -0.2) is 4.98 Å². The Morgan fingerprint density at radius 2 is 2.03 bits per heavy atom. The molecule has 1 fully saturated rings. The van der Waals surface area contributed by atoms with Crippen molar-refractivity contribution in [1.29, 1.82) is 0 Å². The highest BCUT2D eigenvalue weighted by atomic mass is 127. The summed E-state index contributed by atoms with van der Waals surface area (Å²) in [6.07, 6.45) is -4.43. The number of alkyl halides is 3. The first-order valence-corrected chi connectivity index (χ1v) is 10.1. The topological polar surface area (TPSA) is 74.9 Å². The van der Waals surface area contributed by atoms with Crippen molar-refractivity contribution >= 4 is 41.3 Å². The first-order valence-electron chi connectivity index (χ1n) is 9.21. The molecule has 7 nitrogen and oxygen atoms in total. The average Bonchev–Trinajstić information content (AvgIpc) is 3.34. The van der Waals surface area contributed by atoms with E-state index in [4.69, 9.17) is 9.15 Å². The molecular formula is C18H25F3IN5O2S. The van der Waals surface area contributed by atoms with Crippen LogP contribution in [0.3, 0.4) is 0 Å². The molecule has 0 radical (unpaired) electrons. The number of aliphatic imine (C=N–C) groups is 1. The van der Waals surface area contributed by atoms with Gasteiger partial charge in [0.25, 0.3) is 0 Å². The van der Waals surface area contributed by atoms with Gasteiger partial charge in [-0.15, -0.1) is 35.3 Å². The normalized spacial score (nSPS) is 16.8. The van der Waals surface area contributed by atoms with Crippen molar-refractivity contribution in [3.8, 4) is 0 Å². The number of hydrogen-bond donors (Lipinski definition) is 2. The van der Waals surface area contributed by atoms with Crippen molar-refractivity contribution in [2.24, 2.45) is 4.99 Å². The van der Waals surface area contributed by atoms with E-state index < -0.39 is 11.9 Å². The number of thiazole rings is 1. The molecule has 0 spiro atoms. The van der Waals surface area contributed by atoms with Gasteiger partial charge in [-0.3, -0.25) is 9.89 Å². The first kappa shape index (κ1) is 24.9. The minimum atomic E-state index is -4.43. The number of guanidine groups is 1. The standard InChI is InChI=1S/C18H24F3N5O2S.HI/c1-12-3-4-14(28-12)13(26-5-7-27-8-6-26)9-23-17(22-2)24-10-16-25-15(11-29-16)18(19,20)21;/h3-4,11,13H,5-10H2,1-2H3,(H2,22,23,24);1H. The molecule has 3 heterocycles. The van der Waals surface area contributed by atoms with Crippen LogP contribution in [0.15, 0.2) is 26.9 Å². The van der Waals surface area contributed by atoms with Gasteiger partial charge in [0, 0.05) is 32.1 Å². The van der Waals surface area contributed by atoms with Crippen molar-refractivity contribution in [2.75, 3.05) is 39.9 Å². The van der Waals surface area contributed by atoms with E-state index in [9.17, 15) is 13.2 Å². The zero-order valence-electron chi connectivity index (χ0n) is 16.7. The van der Waals surface area contributed by atoms with E-state index in [1.165, 1.54) is 0 Å². The van der Waals surface area contributed by atoms with Crippen LogP contribution in [0.2, 0.25) is 0 Å². The maximum atomic E-state index is 12.7. The van der Waals surface area contributed by atoms with E-state index in [-0.39, 0.29) is 36.6 Å². The summed E-state index contributed by atoms with van der Waals surface area (Å²) in [4.78, 5) is 10.0. The van der Waals surface area contributed by atoms with E-state index in [1.54, 1.807) is 7.05 Å². The first-order chi connectivity index (χ1) is 13.9. The smallest absolute Gasteiger partial charge is 0.434 e. The van der Waals surface area contributed by atoms with Crippen LogP contribution in [0.1, 0.15) is 28.3 Å². The molecule has 1 atom stereocenters. The van der Waals surface area contributed by atoms with E-state index in [0.29, 0.717) is 30.7 Å². The number of nitrogens with zero attached hydrogens (tertiary/aromatic N) is 3. The van der Waals surface area contributed by atoms with Gasteiger partial charge < -0.3 is 19.8 Å². The average molecular weight is 559 g/mol. The molecule has 2 aromatic rings. The molecule has 2 N–H and O–H groups in total. The van der Waals surface area contributed by atoms with Crippen molar-refractivity contribution in [1.82, 2.24) is 20.5 Å². The lowest BCUT2D eigenvalue weighted by Crippen LogP contribution is -2.46. The molecule has 1 unspecified atom stereocenters. The van der Waals surface area contributed by atoms with Crippen molar-refractivity contribution in [2.45, 2.75) is 25.7 Å². The van der Waals surface area contributed by atoms with Gasteiger partial charge in [0.05, 0.1) is 25.8 Å². The van der Waals surface area contributed by atoms with Crippen LogP contribution in [0.5, 0.6) is 0 Å². The quantitative estimate of drug-likeness (QED) is 0.321. The predicted octanol–water partition coefficient (Wildman–Crippen LogP) is 3.42. The van der Waals surface area contributed by atoms with Gasteiger partial charge in [0.1, 0.15) is 16.5 Å². The number of morpholine rings is 1. The van der Waals surface area contributed by atoms with Crippen molar-refractivity contribution in [3.63, 3.8) is 0 Å². The maximum Gasteiger partial charge on any atom is 0.434 e. The fourth-order valence-electron chi connectivity index (χ4n) is 3.03. The zero-order chi connectivity index (χ0) is 20.9. The number of hydrogen-bond acceptors (Lipinski definition) is 6. The van der Waals surface area contributed by atoms with Gasteiger partial charge >= 0.3 is 6.18 Å². The van der Waals surface area contributed by atoms with Crippen LogP contribution < -0.4 is 10.6 Å². The summed E-state index contributed by atoms with van der Waals surface area (Å²) in [6, 6.07) is 3.88. The minimum absolute atomic E-state index is 0. The Bertz CT molecular complexity index is 821. The van der Waals surface area contributed by atoms with Crippen LogP contribution in [0.4, 0.5) is 13.2 Å². The third-order valence-electron chi connectivity index (χ3n) is 4.51. The molecule has 2 aromatic heterocycles. The minimum Gasteiger partial charge on any atom is -0.465 e. The number of nitrogens with one attached hydrogen (secondary N) is 2. The monoisotopic (exact) mass is 559 g/mol. The number of ether oxygens (including phenoxy) is 1. The molecule has 30 heavy (non-hydrogen) atoms. The Hall–Kier alpha value is -1.38. The second kappa shape index (κ2) is 11.3. The lowest BCUT2D eigenvalue weighted by atomic mass is 10.1. The fraction of sp³-hybridized carbons (Fsp3) is 0.556. The Labute approximate surface area is 194 Å². The van der Waals surface area contributed by atoms with Gasteiger partial charge in [0.15, 0.2) is 11.7 Å². The number of halogens is 4. The van der Waals surface area contributed by atoms with Gasteiger partial charge in [-0.2, -0.15) is 13.2 Å². The summed E-state index contributed by atoms with van der Waals surface area (Å²) in [5, 5.41) is 7.60. The predicted molar refractivity (Wildman–Crippen MR) is 119 cm³/mol. The third kappa shape index (κ3) is 6.82. The highest BCUT2D eigenvalue weighted by molar-refractivity contribution is 14.0. The zero-order valence-corrected chi connectivity index (χ0v) is 19.8. The molecule has 1 saturated heterocycles. The van der Waals surface area contributed by atoms with E-state index in [2.05, 4.69) is 25.5 Å². The van der Waals surface area contributed by atoms with Crippen LogP contribution in [0.25, 0.3) is 0 Å². The fourth-order valence-corrected chi connectivity index (χ4v) is 3.77. The van der Waals surface area contributed by atoms with E-state index in [1.807, 2.05) is 19.1 Å². The molecular weight excluding hydrogens is 534 g/mol. The molecule has 0 aliphatic carbocycles. The summed E-state index contributed by atoms with van der Waals surface area (Å²) in [5.41, 5.74) is -0.872. The second-order valence-corrected chi connectivity index (χ2v) is 7.49. The lowest BCUT2D eigenvalue weighted by molar-refractivity contribution is -0.140. The van der Waals surface area contributed by atoms with Crippen LogP contribution in [-0.4, -0.2) is 55.7 Å². The molecule has 0 bridgehead atoms. The summed E-state index contributed by atoms with van der Waals surface area (Å²) < 4.78 is 49.3. The summed E-state index contributed by atoms with van der Waals surface area (Å²) in [6.45, 7) is 5.48. The van der Waals surface area contributed by atoms with Crippen molar-refractivity contribution < 1.29 is 22.3 Å². The van der Waals surface area contributed by atoms with E-state index >= 15 is 0 Å². The van der Waals surface area contributed by atoms with Crippen LogP contribution in [0, 0.1) is 6.92 Å². The summed E-state index contributed by atoms with van der Waals surface area (Å²) in [5.74, 6) is 2.17. The Balaban J connectivity index is 0.00000320. The second-order valence-electron chi connectivity index (χ2n) is 6.54. The molecule has 1 aliphatic rings. The number of rotatable bonds is 6. The Kier molecular flexibility index (Phi) is 9.37. The Morgan fingerprint density at radius 3 is 2.60 bits per heavy atom. The van der Waals surface area contributed by atoms with Gasteiger partial charge in [-0.1, -0.05) is 0 Å². The number of aromatic nitrogens is 1. The van der Waals surface area contributed by atoms with Gasteiger partial charge in [0.2, 0.25) is 0 Å². The van der Waals surface area contributed by atoms with Crippen LogP contribution in [-0.2, 0) is 17.5 Å². The molecule has 168 valence electrons. The van der Waals surface area contributed by atoms with Gasteiger partial charge in [-0.05, 0) is 19.1 Å². The molecule has 3 rings (SSSR count). The van der Waals surface area contributed by atoms with Crippen molar-refractivity contribution in [3.05, 3.63) is 39.7 Å². The lowest BCUT2D eigenvalue weighted by Gasteiger charge is -2.33. The molecule has 0 amide bonds. The maximum absolute atomic E-state index is 12.7. The molecule has 1 aliphatic heterocycles. The molecule has 12 heteroatoms. The summed E-state index contributed by atoms with van der Waals surface area (Å²) in [7, 11) is 1.61. The highest BCUT2D eigenvalue weighted by Gasteiger charge is 2.33. The SMILES string of the molecule is CN=C(NCc1nc(C(F)(F)F)cs1)NCC(c1ccc(C)o1)N1CCOCC1.I. The Morgan fingerprint density at radius 1 is 1.30 bits per heavy atom. The highest BCUT2D eigenvalue weighted by Crippen LogP contribution is 2.30. The third-order valence-corrected chi connectivity index (χ3v) is 5.36. The largest absolute Gasteiger partial charge is 0.465 e. The van der Waals surface area contributed by atoms with E-state index in [0.717, 1.165) is 41.3 Å². The number of aryl methyl sites for hydroxylation is 1.